The number of amides is 1. The first-order valence-corrected chi connectivity index (χ1v) is 6.74. The maximum Gasteiger partial charge on any atom is 0.234 e. The molecule has 0 spiro atoms. The van der Waals surface area contributed by atoms with Crippen LogP contribution in [0.5, 0.6) is 0 Å². The van der Waals surface area contributed by atoms with Crippen LogP contribution in [0.1, 0.15) is 27.2 Å². The fourth-order valence-corrected chi connectivity index (χ4v) is 2.79. The smallest absolute Gasteiger partial charge is 0.234 e. The van der Waals surface area contributed by atoms with Crippen LogP contribution < -0.4 is 10.6 Å². The molecule has 2 aliphatic heterocycles. The first-order valence-electron chi connectivity index (χ1n) is 6.74. The highest BCUT2D eigenvalue weighted by Crippen LogP contribution is 2.25. The molecular weight excluding hydrogens is 250 g/mol. The van der Waals surface area contributed by atoms with Crippen molar-refractivity contribution in [3.63, 3.8) is 0 Å². The lowest BCUT2D eigenvalue weighted by molar-refractivity contribution is -0.123. The number of carbonyl (C=O) groups is 1. The summed E-state index contributed by atoms with van der Waals surface area (Å²) in [6.45, 7) is 11.2. The second-order valence-electron chi connectivity index (χ2n) is 6.16. The molecule has 2 fully saturated rings. The molecule has 5 heteroatoms. The normalized spacial score (nSPS) is 27.7. The Hall–Kier alpha value is -0.320. The molecular formula is C13H26ClN3O. The highest BCUT2D eigenvalue weighted by molar-refractivity contribution is 5.85. The lowest BCUT2D eigenvalue weighted by atomic mass is 10.0. The van der Waals surface area contributed by atoms with Gasteiger partial charge in [0.2, 0.25) is 5.91 Å². The third-order valence-electron chi connectivity index (χ3n) is 4.19. The summed E-state index contributed by atoms with van der Waals surface area (Å²) in [7, 11) is 0. The summed E-state index contributed by atoms with van der Waals surface area (Å²) in [6, 6.07) is 0. The highest BCUT2D eigenvalue weighted by atomic mass is 35.5. The van der Waals surface area contributed by atoms with Gasteiger partial charge in [-0.1, -0.05) is 6.92 Å². The van der Waals surface area contributed by atoms with Gasteiger partial charge in [0.1, 0.15) is 0 Å². The van der Waals surface area contributed by atoms with Gasteiger partial charge in [-0.2, -0.15) is 0 Å². The van der Waals surface area contributed by atoms with Gasteiger partial charge in [0.25, 0.3) is 0 Å². The predicted molar refractivity (Wildman–Crippen MR) is 76.1 cm³/mol. The Balaban J connectivity index is 0.00000162. The largest absolute Gasteiger partial charge is 0.350 e. The fourth-order valence-electron chi connectivity index (χ4n) is 2.79. The van der Waals surface area contributed by atoms with Crippen LogP contribution in [-0.2, 0) is 4.79 Å². The minimum absolute atomic E-state index is 0. The van der Waals surface area contributed by atoms with Gasteiger partial charge < -0.3 is 10.6 Å². The van der Waals surface area contributed by atoms with Crippen LogP contribution in [0.3, 0.4) is 0 Å². The lowest BCUT2D eigenvalue weighted by Crippen LogP contribution is -2.47. The van der Waals surface area contributed by atoms with Crippen LogP contribution >= 0.6 is 12.4 Å². The number of likely N-dealkylation sites (tertiary alicyclic amines) is 1. The van der Waals surface area contributed by atoms with Crippen LogP contribution in [0.25, 0.3) is 0 Å². The highest BCUT2D eigenvalue weighted by Gasteiger charge is 2.36. The van der Waals surface area contributed by atoms with Gasteiger partial charge in [0, 0.05) is 18.6 Å². The summed E-state index contributed by atoms with van der Waals surface area (Å²) in [5, 5.41) is 6.52. The molecule has 2 N–H and O–H groups in total. The van der Waals surface area contributed by atoms with E-state index in [0.717, 1.165) is 44.4 Å². The van der Waals surface area contributed by atoms with Crippen molar-refractivity contribution in [3.8, 4) is 0 Å². The molecule has 1 amide bonds. The molecule has 0 aromatic rings. The zero-order valence-corrected chi connectivity index (χ0v) is 12.5. The zero-order valence-electron chi connectivity index (χ0n) is 11.7. The van der Waals surface area contributed by atoms with Crippen molar-refractivity contribution in [2.24, 2.45) is 11.8 Å². The Morgan fingerprint density at radius 3 is 2.39 bits per heavy atom. The third kappa shape index (κ3) is 3.84. The number of rotatable bonds is 4. The van der Waals surface area contributed by atoms with Crippen LogP contribution in [-0.4, -0.2) is 49.1 Å². The van der Waals surface area contributed by atoms with Gasteiger partial charge in [0.15, 0.2) is 0 Å². The van der Waals surface area contributed by atoms with E-state index in [9.17, 15) is 4.79 Å². The average molecular weight is 276 g/mol. The minimum Gasteiger partial charge on any atom is -0.350 e. The van der Waals surface area contributed by atoms with Crippen molar-refractivity contribution in [2.45, 2.75) is 32.7 Å². The van der Waals surface area contributed by atoms with Crippen molar-refractivity contribution < 1.29 is 4.79 Å². The number of hydrogen-bond donors (Lipinski definition) is 2. The number of carbonyl (C=O) groups excluding carboxylic acids is 1. The van der Waals surface area contributed by atoms with Crippen LogP contribution in [0.2, 0.25) is 0 Å². The van der Waals surface area contributed by atoms with E-state index in [0.29, 0.717) is 6.54 Å². The van der Waals surface area contributed by atoms with Crippen LogP contribution in [0.15, 0.2) is 0 Å². The summed E-state index contributed by atoms with van der Waals surface area (Å²) >= 11 is 0. The molecule has 18 heavy (non-hydrogen) atoms. The molecule has 0 unspecified atom stereocenters. The SMILES string of the molecule is CCC(C)(C)NC(=O)CN1C[C@H]2CNC[C@H]2C1.Cl. The quantitative estimate of drug-likeness (QED) is 0.800. The second kappa shape index (κ2) is 6.22. The van der Waals surface area contributed by atoms with Crippen LogP contribution in [0.4, 0.5) is 0 Å². The molecule has 2 atom stereocenters. The number of halogens is 1. The molecule has 2 aliphatic rings. The van der Waals surface area contributed by atoms with E-state index in [-0.39, 0.29) is 23.9 Å². The summed E-state index contributed by atoms with van der Waals surface area (Å²) in [5.41, 5.74) is -0.0752. The predicted octanol–water partition coefficient (Wildman–Crippen LogP) is 0.864. The van der Waals surface area contributed by atoms with E-state index in [1.54, 1.807) is 0 Å². The van der Waals surface area contributed by atoms with Crippen molar-refractivity contribution in [3.05, 3.63) is 0 Å². The maximum absolute atomic E-state index is 11.9. The molecule has 4 nitrogen and oxygen atoms in total. The maximum atomic E-state index is 11.9. The van der Waals surface area contributed by atoms with E-state index in [1.807, 2.05) is 0 Å². The summed E-state index contributed by atoms with van der Waals surface area (Å²) in [5.74, 6) is 1.70. The molecule has 0 radical (unpaired) electrons. The molecule has 0 aliphatic carbocycles. The third-order valence-corrected chi connectivity index (χ3v) is 4.19. The summed E-state index contributed by atoms with van der Waals surface area (Å²) in [6.07, 6.45) is 0.966. The van der Waals surface area contributed by atoms with Gasteiger partial charge in [-0.3, -0.25) is 9.69 Å². The Morgan fingerprint density at radius 2 is 1.89 bits per heavy atom. The number of fused-ring (bicyclic) bond motifs is 1. The fraction of sp³-hybridized carbons (Fsp3) is 0.923. The van der Waals surface area contributed by atoms with E-state index in [1.165, 1.54) is 0 Å². The van der Waals surface area contributed by atoms with Gasteiger partial charge in [-0.25, -0.2) is 0 Å². The Kier molecular flexibility index (Phi) is 5.44. The lowest BCUT2D eigenvalue weighted by Gasteiger charge is -2.26. The monoisotopic (exact) mass is 275 g/mol. The van der Waals surface area contributed by atoms with E-state index < -0.39 is 0 Å². The van der Waals surface area contributed by atoms with Crippen molar-refractivity contribution in [1.82, 2.24) is 15.5 Å². The Bertz CT molecular complexity index is 284. The molecule has 0 aromatic carbocycles. The van der Waals surface area contributed by atoms with Gasteiger partial charge in [-0.15, -0.1) is 12.4 Å². The molecule has 2 heterocycles. The van der Waals surface area contributed by atoms with E-state index in [2.05, 4.69) is 36.3 Å². The van der Waals surface area contributed by atoms with Gasteiger partial charge >= 0.3 is 0 Å². The molecule has 2 rings (SSSR count). The summed E-state index contributed by atoms with van der Waals surface area (Å²) < 4.78 is 0. The average Bonchev–Trinajstić information content (AvgIpc) is 2.76. The molecule has 106 valence electrons. The molecule has 0 saturated carbocycles. The van der Waals surface area contributed by atoms with Crippen molar-refractivity contribution in [2.75, 3.05) is 32.7 Å². The van der Waals surface area contributed by atoms with E-state index in [4.69, 9.17) is 0 Å². The molecule has 0 bridgehead atoms. The van der Waals surface area contributed by atoms with Crippen LogP contribution in [0, 0.1) is 11.8 Å². The topological polar surface area (TPSA) is 44.4 Å². The first-order chi connectivity index (χ1) is 8.00. The first kappa shape index (κ1) is 15.7. The Morgan fingerprint density at radius 1 is 1.33 bits per heavy atom. The number of hydrogen-bond acceptors (Lipinski definition) is 3. The number of nitrogens with one attached hydrogen (secondary N) is 2. The minimum atomic E-state index is -0.0752. The van der Waals surface area contributed by atoms with E-state index >= 15 is 0 Å². The number of nitrogens with zero attached hydrogens (tertiary/aromatic N) is 1. The zero-order chi connectivity index (χ0) is 12.5. The van der Waals surface area contributed by atoms with Gasteiger partial charge in [-0.05, 0) is 45.2 Å². The molecule has 2 saturated heterocycles. The Labute approximate surface area is 116 Å². The van der Waals surface area contributed by atoms with Crippen molar-refractivity contribution >= 4 is 18.3 Å². The summed E-state index contributed by atoms with van der Waals surface area (Å²) in [4.78, 5) is 14.2. The second-order valence-corrected chi connectivity index (χ2v) is 6.16. The molecule has 0 aromatic heterocycles. The van der Waals surface area contributed by atoms with Gasteiger partial charge in [0.05, 0.1) is 6.54 Å². The van der Waals surface area contributed by atoms with Crippen molar-refractivity contribution in [1.29, 1.82) is 0 Å². The standard InChI is InChI=1S/C13H25N3O.ClH/c1-4-13(2,3)15-12(17)9-16-7-10-5-14-6-11(10)8-16;/h10-11,14H,4-9H2,1-3H3,(H,15,17);1H/t10-,11+;.